The number of aliphatic hydroxyl groups is 2. The van der Waals surface area contributed by atoms with Crippen molar-refractivity contribution in [1.29, 1.82) is 0 Å². The van der Waals surface area contributed by atoms with Crippen molar-refractivity contribution in [1.82, 2.24) is 15.3 Å². The molecule has 2 fully saturated rings. The molecular formula is C26H35N3O3S. The lowest BCUT2D eigenvalue weighted by atomic mass is 9.47. The number of fused-ring (bicyclic) bond motifs is 2. The van der Waals surface area contributed by atoms with Gasteiger partial charge in [-0.1, -0.05) is 26.7 Å². The Morgan fingerprint density at radius 1 is 1.27 bits per heavy atom. The molecule has 178 valence electrons. The van der Waals surface area contributed by atoms with Crippen LogP contribution < -0.4 is 5.32 Å². The van der Waals surface area contributed by atoms with Crippen LogP contribution in [-0.2, 0) is 11.2 Å². The molecule has 0 radical (unpaired) electrons. The summed E-state index contributed by atoms with van der Waals surface area (Å²) >= 11 is 1.67. The minimum absolute atomic E-state index is 0.0345. The molecule has 3 aliphatic rings. The van der Waals surface area contributed by atoms with E-state index in [0.717, 1.165) is 41.9 Å². The van der Waals surface area contributed by atoms with E-state index in [2.05, 4.69) is 17.2 Å². The number of nitrogens with zero attached hydrogens (tertiary/aromatic N) is 2. The average molecular weight is 470 g/mol. The van der Waals surface area contributed by atoms with Gasteiger partial charge < -0.3 is 15.5 Å². The second-order valence-corrected chi connectivity index (χ2v) is 11.9. The molecule has 2 aromatic heterocycles. The van der Waals surface area contributed by atoms with Gasteiger partial charge in [-0.15, -0.1) is 11.3 Å². The standard InChI is InChI=1S/C26H35N3O3S/c1-25-10-9-21(31)26(2,15-30)20(25)13-19-23(29-24(33-19)16-6-5-11-27-14-16)18(25)12-22(32)28-17-7-3-4-8-17/h5-6,11,14,17-18,20-21,30-31H,3-4,7-10,12-13,15H2,1-2H3,(H,28,32). The summed E-state index contributed by atoms with van der Waals surface area (Å²) in [4.78, 5) is 23.8. The number of aromatic nitrogens is 2. The Morgan fingerprint density at radius 3 is 2.76 bits per heavy atom. The third kappa shape index (κ3) is 3.92. The summed E-state index contributed by atoms with van der Waals surface area (Å²) in [6.07, 6.45) is 10.2. The van der Waals surface area contributed by atoms with Crippen molar-refractivity contribution in [2.75, 3.05) is 6.61 Å². The number of carbonyl (C=O) groups excluding carboxylic acids is 1. The number of nitrogens with one attached hydrogen (secondary N) is 1. The molecule has 0 bridgehead atoms. The van der Waals surface area contributed by atoms with E-state index in [0.29, 0.717) is 18.9 Å². The van der Waals surface area contributed by atoms with Crippen molar-refractivity contribution in [3.8, 4) is 10.6 Å². The van der Waals surface area contributed by atoms with Crippen molar-refractivity contribution in [2.45, 2.75) is 83.3 Å². The first-order valence-electron chi connectivity index (χ1n) is 12.3. The molecule has 7 heteroatoms. The fourth-order valence-corrected chi connectivity index (χ4v) is 7.96. The van der Waals surface area contributed by atoms with E-state index in [4.69, 9.17) is 4.98 Å². The molecule has 3 aliphatic carbocycles. The summed E-state index contributed by atoms with van der Waals surface area (Å²) in [6.45, 7) is 4.22. The summed E-state index contributed by atoms with van der Waals surface area (Å²) in [6, 6.07) is 4.24. The molecule has 0 aromatic carbocycles. The zero-order chi connectivity index (χ0) is 23.2. The summed E-state index contributed by atoms with van der Waals surface area (Å²) in [5.74, 6) is 0.151. The van der Waals surface area contributed by atoms with E-state index in [1.165, 1.54) is 17.7 Å². The number of pyridine rings is 1. The van der Waals surface area contributed by atoms with Gasteiger partial charge in [-0.05, 0) is 55.6 Å². The normalized spacial score (nSPS) is 34.0. The second kappa shape index (κ2) is 8.75. The monoisotopic (exact) mass is 469 g/mol. The van der Waals surface area contributed by atoms with Gasteiger partial charge in [0.25, 0.3) is 0 Å². The fraction of sp³-hybridized carbons (Fsp3) is 0.654. The molecule has 6 nitrogen and oxygen atoms in total. The minimum Gasteiger partial charge on any atom is -0.396 e. The first-order chi connectivity index (χ1) is 15.8. The van der Waals surface area contributed by atoms with Crippen LogP contribution in [0.15, 0.2) is 24.5 Å². The van der Waals surface area contributed by atoms with Gasteiger partial charge >= 0.3 is 0 Å². The quantitative estimate of drug-likeness (QED) is 0.614. The molecular weight excluding hydrogens is 434 g/mol. The first kappa shape index (κ1) is 22.9. The Balaban J connectivity index is 1.54. The Morgan fingerprint density at radius 2 is 2.06 bits per heavy atom. The summed E-state index contributed by atoms with van der Waals surface area (Å²) in [5, 5.41) is 25.5. The van der Waals surface area contributed by atoms with Crippen molar-refractivity contribution < 1.29 is 15.0 Å². The summed E-state index contributed by atoms with van der Waals surface area (Å²) in [7, 11) is 0. The van der Waals surface area contributed by atoms with Gasteiger partial charge in [0.05, 0.1) is 18.4 Å². The maximum atomic E-state index is 13.2. The maximum Gasteiger partial charge on any atom is 0.220 e. The molecule has 0 spiro atoms. The number of amides is 1. The highest BCUT2D eigenvalue weighted by atomic mass is 32.1. The highest BCUT2D eigenvalue weighted by molar-refractivity contribution is 7.15. The SMILES string of the molecule is CC1(CO)C(O)CCC2(C)C(CC(=O)NC3CCCC3)c3nc(-c4cccnc4)sc3CC12. The number of hydrogen-bond donors (Lipinski definition) is 3. The second-order valence-electron chi connectivity index (χ2n) is 10.9. The van der Waals surface area contributed by atoms with Crippen LogP contribution in [0.4, 0.5) is 0 Å². The molecule has 0 saturated heterocycles. The van der Waals surface area contributed by atoms with Crippen LogP contribution in [0.1, 0.15) is 75.3 Å². The van der Waals surface area contributed by atoms with E-state index in [1.807, 2.05) is 25.3 Å². The summed E-state index contributed by atoms with van der Waals surface area (Å²) in [5.41, 5.74) is 1.22. The predicted octanol–water partition coefficient (Wildman–Crippen LogP) is 4.07. The van der Waals surface area contributed by atoms with Crippen molar-refractivity contribution in [2.24, 2.45) is 16.7 Å². The molecule has 1 amide bonds. The molecule has 2 saturated carbocycles. The van der Waals surface area contributed by atoms with E-state index < -0.39 is 11.5 Å². The molecule has 5 rings (SSSR count). The number of carbonyl (C=O) groups is 1. The van der Waals surface area contributed by atoms with Crippen LogP contribution in [0.2, 0.25) is 0 Å². The molecule has 3 N–H and O–H groups in total. The number of aliphatic hydroxyl groups excluding tert-OH is 2. The lowest BCUT2D eigenvalue weighted by molar-refractivity contribution is -0.144. The first-order valence-corrected chi connectivity index (χ1v) is 13.1. The largest absolute Gasteiger partial charge is 0.396 e. The third-order valence-corrected chi connectivity index (χ3v) is 10.1. The zero-order valence-electron chi connectivity index (χ0n) is 19.6. The van der Waals surface area contributed by atoms with Gasteiger partial charge in [-0.25, -0.2) is 4.98 Å². The van der Waals surface area contributed by atoms with Crippen molar-refractivity contribution in [3.05, 3.63) is 35.1 Å². The Hall–Kier alpha value is -1.83. The van der Waals surface area contributed by atoms with Crippen LogP contribution in [0.25, 0.3) is 10.6 Å². The van der Waals surface area contributed by atoms with Crippen molar-refractivity contribution >= 4 is 17.2 Å². The number of thiazole rings is 1. The van der Waals surface area contributed by atoms with Crippen LogP contribution in [0.5, 0.6) is 0 Å². The van der Waals surface area contributed by atoms with Gasteiger partial charge in [0.2, 0.25) is 5.91 Å². The van der Waals surface area contributed by atoms with Gasteiger partial charge in [-0.2, -0.15) is 0 Å². The highest BCUT2D eigenvalue weighted by Gasteiger charge is 2.59. The Labute approximate surface area is 199 Å². The third-order valence-electron chi connectivity index (χ3n) is 8.91. The van der Waals surface area contributed by atoms with Gasteiger partial charge in [-0.3, -0.25) is 9.78 Å². The van der Waals surface area contributed by atoms with Gasteiger partial charge in [0.15, 0.2) is 0 Å². The van der Waals surface area contributed by atoms with Gasteiger partial charge in [0, 0.05) is 46.6 Å². The number of rotatable bonds is 5. The van der Waals surface area contributed by atoms with Crippen LogP contribution in [0.3, 0.4) is 0 Å². The zero-order valence-corrected chi connectivity index (χ0v) is 20.4. The Bertz CT molecular complexity index is 1010. The smallest absolute Gasteiger partial charge is 0.220 e. The predicted molar refractivity (Wildman–Crippen MR) is 129 cm³/mol. The molecule has 2 heterocycles. The molecule has 33 heavy (non-hydrogen) atoms. The van der Waals surface area contributed by atoms with Gasteiger partial charge in [0.1, 0.15) is 5.01 Å². The van der Waals surface area contributed by atoms with E-state index in [9.17, 15) is 15.0 Å². The molecule has 2 aromatic rings. The van der Waals surface area contributed by atoms with E-state index >= 15 is 0 Å². The summed E-state index contributed by atoms with van der Waals surface area (Å²) < 4.78 is 0. The number of hydrogen-bond acceptors (Lipinski definition) is 6. The topological polar surface area (TPSA) is 95.3 Å². The molecule has 5 unspecified atom stereocenters. The van der Waals surface area contributed by atoms with Crippen LogP contribution >= 0.6 is 11.3 Å². The fourth-order valence-electron chi connectivity index (χ4n) is 6.80. The molecule has 5 atom stereocenters. The van der Waals surface area contributed by atoms with Crippen LogP contribution in [-0.4, -0.2) is 44.8 Å². The maximum absolute atomic E-state index is 13.2. The van der Waals surface area contributed by atoms with Crippen LogP contribution in [0, 0.1) is 16.7 Å². The molecule has 0 aliphatic heterocycles. The lowest BCUT2D eigenvalue weighted by Gasteiger charge is -2.58. The Kier molecular flexibility index (Phi) is 6.08. The van der Waals surface area contributed by atoms with Crippen molar-refractivity contribution in [3.63, 3.8) is 0 Å². The highest BCUT2D eigenvalue weighted by Crippen LogP contribution is 2.62. The van der Waals surface area contributed by atoms with E-state index in [1.54, 1.807) is 17.5 Å². The van der Waals surface area contributed by atoms with E-state index in [-0.39, 0.29) is 29.8 Å². The lowest BCUT2D eigenvalue weighted by Crippen LogP contribution is -2.57. The minimum atomic E-state index is -0.594. The average Bonchev–Trinajstić information content (AvgIpc) is 3.48.